The Morgan fingerprint density at radius 2 is 0.674 bits per heavy atom. The van der Waals surface area contributed by atoms with Crippen molar-refractivity contribution in [2.24, 2.45) is 0 Å². The Kier molecular flexibility index (Phi) is 35.0. The second-order valence-corrected chi connectivity index (χ2v) is 14.7. The largest absolute Gasteiger partial charge is 0.466 e. The Bertz CT molecular complexity index is 654. The summed E-state index contributed by atoms with van der Waals surface area (Å²) in [5.74, 6) is -1.48. The molecule has 46 heavy (non-hydrogen) atoms. The Labute approximate surface area is 291 Å². The van der Waals surface area contributed by atoms with E-state index in [-0.39, 0.29) is 6.61 Å². The number of thiol groups is 1. The second kappa shape index (κ2) is 35.6. The predicted molar refractivity (Wildman–Crippen MR) is 200 cm³/mol. The van der Waals surface area contributed by atoms with Crippen molar-refractivity contribution in [3.05, 3.63) is 0 Å². The zero-order valence-corrected chi connectivity index (χ0v) is 31.7. The lowest BCUT2D eigenvalue weighted by Crippen LogP contribution is -2.37. The number of hydrogen-bond donors (Lipinski definition) is 2. The molecule has 0 aliphatic rings. The van der Waals surface area contributed by atoms with Crippen molar-refractivity contribution in [2.45, 2.75) is 231 Å². The number of esters is 2. The summed E-state index contributed by atoms with van der Waals surface area (Å²) in [6.07, 6.45) is 40.7. The molecule has 0 aromatic rings. The van der Waals surface area contributed by atoms with Gasteiger partial charge in [-0.15, -0.1) is 12.6 Å². The van der Waals surface area contributed by atoms with Gasteiger partial charge in [0.05, 0.1) is 19.6 Å². The van der Waals surface area contributed by atoms with Gasteiger partial charge in [0.1, 0.15) is 0 Å². The first-order chi connectivity index (χ1) is 22.4. The monoisotopic (exact) mass is 671 g/mol. The summed E-state index contributed by atoms with van der Waals surface area (Å²) in [5.41, 5.74) is 0. The van der Waals surface area contributed by atoms with Crippen molar-refractivity contribution in [1.29, 1.82) is 0 Å². The molecule has 6 heteroatoms. The summed E-state index contributed by atoms with van der Waals surface area (Å²) in [6, 6.07) is 0. The smallest absolute Gasteiger partial charge is 0.349 e. The number of carbonyl (C=O) groups excluding carboxylic acids is 2. The molecule has 0 bridgehead atoms. The van der Waals surface area contributed by atoms with E-state index in [2.05, 4.69) is 26.5 Å². The molecule has 274 valence electrons. The lowest BCUT2D eigenvalue weighted by Gasteiger charge is -2.19. The van der Waals surface area contributed by atoms with Crippen LogP contribution < -0.4 is 0 Å². The highest BCUT2D eigenvalue weighted by Gasteiger charge is 2.36. The molecule has 0 rings (SSSR count). The van der Waals surface area contributed by atoms with Crippen LogP contribution in [-0.4, -0.2) is 35.2 Å². The van der Waals surface area contributed by atoms with Gasteiger partial charge < -0.3 is 14.6 Å². The molecule has 1 N–H and O–H groups in total. The van der Waals surface area contributed by atoms with Crippen LogP contribution in [0.15, 0.2) is 0 Å². The minimum atomic E-state index is -2.14. The van der Waals surface area contributed by atoms with Crippen LogP contribution in [0.4, 0.5) is 0 Å². The zero-order valence-electron chi connectivity index (χ0n) is 30.8. The molecule has 0 aromatic carbocycles. The fourth-order valence-corrected chi connectivity index (χ4v) is 6.28. The normalized spacial score (nSPS) is 12.7. The van der Waals surface area contributed by atoms with Gasteiger partial charge in [-0.2, -0.15) is 0 Å². The molecule has 0 radical (unpaired) electrons. The van der Waals surface area contributed by atoms with Crippen LogP contribution >= 0.6 is 12.6 Å². The van der Waals surface area contributed by atoms with Crippen molar-refractivity contribution >= 4 is 24.6 Å². The maximum absolute atomic E-state index is 12.2. The molecule has 0 heterocycles. The third-order valence-corrected chi connectivity index (χ3v) is 9.55. The summed E-state index contributed by atoms with van der Waals surface area (Å²) in [4.78, 5) is 22.2. The SMILES string of the molecule is CCCCCCCCCCCCCCCCCCOC(=O)CC(O)(S)C(=O)OCCCCCCCCCCCCCCCCCC. The maximum Gasteiger partial charge on any atom is 0.349 e. The molecule has 0 saturated heterocycles. The highest BCUT2D eigenvalue weighted by atomic mass is 32.1. The summed E-state index contributed by atoms with van der Waals surface area (Å²) >= 11 is 3.99. The standard InChI is InChI=1S/C40H78O5S/c1-3-5-7-9-11-13-15-17-19-21-23-25-27-29-31-33-35-44-38(41)37-40(43,46)39(42)45-36-34-32-30-28-26-24-22-20-18-16-14-12-10-8-6-4-2/h43,46H,3-37H2,1-2H3. The lowest BCUT2D eigenvalue weighted by atomic mass is 10.0. The van der Waals surface area contributed by atoms with Crippen molar-refractivity contribution < 1.29 is 24.2 Å². The van der Waals surface area contributed by atoms with Crippen LogP contribution in [0, 0.1) is 0 Å². The molecule has 0 fully saturated rings. The summed E-state index contributed by atoms with van der Waals surface area (Å²) < 4.78 is 10.4. The zero-order chi connectivity index (χ0) is 33.8. The van der Waals surface area contributed by atoms with E-state index in [1.165, 1.54) is 167 Å². The number of hydrogen-bond acceptors (Lipinski definition) is 6. The van der Waals surface area contributed by atoms with Gasteiger partial charge in [0.15, 0.2) is 0 Å². The highest BCUT2D eigenvalue weighted by molar-refractivity contribution is 7.82. The minimum Gasteiger partial charge on any atom is -0.466 e. The molecule has 0 saturated carbocycles. The van der Waals surface area contributed by atoms with E-state index in [1.807, 2.05) is 0 Å². The number of rotatable bonds is 37. The van der Waals surface area contributed by atoms with E-state index in [0.29, 0.717) is 6.61 Å². The molecule has 0 amide bonds. The van der Waals surface area contributed by atoms with E-state index in [0.717, 1.165) is 38.5 Å². The number of aliphatic hydroxyl groups is 1. The first-order valence-electron chi connectivity index (χ1n) is 20.2. The van der Waals surface area contributed by atoms with Crippen molar-refractivity contribution in [1.82, 2.24) is 0 Å². The van der Waals surface area contributed by atoms with Crippen LogP contribution in [0.3, 0.4) is 0 Å². The first-order valence-corrected chi connectivity index (χ1v) is 20.7. The first kappa shape index (κ1) is 45.2. The Balaban J connectivity index is 3.50. The van der Waals surface area contributed by atoms with E-state index in [9.17, 15) is 14.7 Å². The topological polar surface area (TPSA) is 72.8 Å². The molecular weight excluding hydrogens is 593 g/mol. The summed E-state index contributed by atoms with van der Waals surface area (Å²) in [6.45, 7) is 5.10. The van der Waals surface area contributed by atoms with Gasteiger partial charge in [0.25, 0.3) is 0 Å². The molecular formula is C40H78O5S. The average Bonchev–Trinajstić information content (AvgIpc) is 3.03. The van der Waals surface area contributed by atoms with Gasteiger partial charge in [-0.25, -0.2) is 4.79 Å². The molecule has 0 aromatic heterocycles. The van der Waals surface area contributed by atoms with Crippen LogP contribution in [0.5, 0.6) is 0 Å². The summed E-state index contributed by atoms with van der Waals surface area (Å²) in [7, 11) is 0. The van der Waals surface area contributed by atoms with Gasteiger partial charge in [-0.05, 0) is 12.8 Å². The third-order valence-electron chi connectivity index (χ3n) is 9.21. The van der Waals surface area contributed by atoms with Crippen LogP contribution in [0.2, 0.25) is 0 Å². The van der Waals surface area contributed by atoms with Crippen LogP contribution in [0.1, 0.15) is 226 Å². The molecule has 1 unspecified atom stereocenters. The lowest BCUT2D eigenvalue weighted by molar-refractivity contribution is -0.163. The van der Waals surface area contributed by atoms with E-state index in [4.69, 9.17) is 9.47 Å². The van der Waals surface area contributed by atoms with Crippen molar-refractivity contribution in [3.63, 3.8) is 0 Å². The Morgan fingerprint density at radius 3 is 0.957 bits per heavy atom. The van der Waals surface area contributed by atoms with E-state index in [1.54, 1.807) is 0 Å². The van der Waals surface area contributed by atoms with E-state index >= 15 is 0 Å². The van der Waals surface area contributed by atoms with Gasteiger partial charge in [0.2, 0.25) is 4.93 Å². The quantitative estimate of drug-likeness (QED) is 0.0298. The molecule has 5 nitrogen and oxygen atoms in total. The highest BCUT2D eigenvalue weighted by Crippen LogP contribution is 2.20. The Hall–Kier alpha value is -0.750. The fourth-order valence-electron chi connectivity index (χ4n) is 6.09. The van der Waals surface area contributed by atoms with Gasteiger partial charge in [-0.1, -0.05) is 206 Å². The van der Waals surface area contributed by atoms with Crippen molar-refractivity contribution in [3.8, 4) is 0 Å². The van der Waals surface area contributed by atoms with Crippen molar-refractivity contribution in [2.75, 3.05) is 13.2 Å². The van der Waals surface area contributed by atoms with Gasteiger partial charge in [0, 0.05) is 0 Å². The number of ether oxygens (including phenoxy) is 2. The predicted octanol–water partition coefficient (Wildman–Crippen LogP) is 12.6. The molecule has 0 aliphatic heterocycles. The number of unbranched alkanes of at least 4 members (excludes halogenated alkanes) is 30. The van der Waals surface area contributed by atoms with Crippen LogP contribution in [-0.2, 0) is 19.1 Å². The van der Waals surface area contributed by atoms with Gasteiger partial charge in [-0.3, -0.25) is 4.79 Å². The third kappa shape index (κ3) is 33.2. The molecule has 0 spiro atoms. The molecule has 1 atom stereocenters. The van der Waals surface area contributed by atoms with Gasteiger partial charge >= 0.3 is 11.9 Å². The van der Waals surface area contributed by atoms with E-state index < -0.39 is 23.3 Å². The van der Waals surface area contributed by atoms with Crippen LogP contribution in [0.25, 0.3) is 0 Å². The average molecular weight is 671 g/mol. The Morgan fingerprint density at radius 1 is 0.435 bits per heavy atom. The second-order valence-electron chi connectivity index (χ2n) is 14.0. The number of carbonyl (C=O) groups is 2. The minimum absolute atomic E-state index is 0.244. The fraction of sp³-hybridized carbons (Fsp3) is 0.950. The summed E-state index contributed by atoms with van der Waals surface area (Å²) in [5, 5.41) is 10.3. The molecule has 0 aliphatic carbocycles. The maximum atomic E-state index is 12.2.